The summed E-state index contributed by atoms with van der Waals surface area (Å²) in [5.74, 6) is -0.332. The largest absolute Gasteiger partial charge is 0.416 e. The molecule has 0 aliphatic heterocycles. The van der Waals surface area contributed by atoms with Crippen molar-refractivity contribution < 1.29 is 27.4 Å². The zero-order valence-corrected chi connectivity index (χ0v) is 11.0. The van der Waals surface area contributed by atoms with Crippen LogP contribution in [0, 0.1) is 0 Å². The molecule has 0 bridgehead atoms. The van der Waals surface area contributed by atoms with Crippen molar-refractivity contribution >= 4 is 5.91 Å². The molecule has 0 aromatic heterocycles. The summed E-state index contributed by atoms with van der Waals surface area (Å²) in [4.78, 5) is 11.3. The van der Waals surface area contributed by atoms with E-state index in [0.29, 0.717) is 18.8 Å². The quantitative estimate of drug-likeness (QED) is 0.782. The SMILES string of the molecule is COCCOCC(=O)NCc1ccc(C(F)(F)F)cc1. The molecule has 0 aliphatic rings. The molecule has 0 saturated carbocycles. The second-order valence-corrected chi connectivity index (χ2v) is 4.02. The Labute approximate surface area is 114 Å². The molecule has 20 heavy (non-hydrogen) atoms. The van der Waals surface area contributed by atoms with E-state index in [4.69, 9.17) is 9.47 Å². The molecule has 0 unspecified atom stereocenters. The average molecular weight is 291 g/mol. The molecule has 1 N–H and O–H groups in total. The van der Waals surface area contributed by atoms with E-state index >= 15 is 0 Å². The van der Waals surface area contributed by atoms with Gasteiger partial charge in [0.2, 0.25) is 5.91 Å². The molecular weight excluding hydrogens is 275 g/mol. The first-order valence-electron chi connectivity index (χ1n) is 5.93. The highest BCUT2D eigenvalue weighted by atomic mass is 19.4. The number of benzene rings is 1. The first kappa shape index (κ1) is 16.5. The van der Waals surface area contributed by atoms with Crippen molar-refractivity contribution in [3.05, 3.63) is 35.4 Å². The van der Waals surface area contributed by atoms with Crippen molar-refractivity contribution in [2.24, 2.45) is 0 Å². The van der Waals surface area contributed by atoms with Crippen LogP contribution in [0.15, 0.2) is 24.3 Å². The van der Waals surface area contributed by atoms with Crippen molar-refractivity contribution in [1.29, 1.82) is 0 Å². The minimum Gasteiger partial charge on any atom is -0.382 e. The number of nitrogens with one attached hydrogen (secondary N) is 1. The van der Waals surface area contributed by atoms with Crippen LogP contribution in [0.1, 0.15) is 11.1 Å². The van der Waals surface area contributed by atoms with Gasteiger partial charge in [0.05, 0.1) is 18.8 Å². The minimum atomic E-state index is -4.35. The molecule has 0 heterocycles. The highest BCUT2D eigenvalue weighted by Crippen LogP contribution is 2.28. The van der Waals surface area contributed by atoms with Crippen molar-refractivity contribution in [3.8, 4) is 0 Å². The summed E-state index contributed by atoms with van der Waals surface area (Å²) in [5, 5.41) is 2.55. The van der Waals surface area contributed by atoms with Crippen molar-refractivity contribution in [2.75, 3.05) is 26.9 Å². The summed E-state index contributed by atoms with van der Waals surface area (Å²) in [7, 11) is 1.52. The van der Waals surface area contributed by atoms with E-state index in [1.165, 1.54) is 19.2 Å². The van der Waals surface area contributed by atoms with E-state index in [9.17, 15) is 18.0 Å². The van der Waals surface area contributed by atoms with Crippen LogP contribution in [0.4, 0.5) is 13.2 Å². The van der Waals surface area contributed by atoms with E-state index < -0.39 is 11.7 Å². The lowest BCUT2D eigenvalue weighted by Gasteiger charge is -2.09. The Balaban J connectivity index is 2.33. The van der Waals surface area contributed by atoms with Gasteiger partial charge in [0, 0.05) is 13.7 Å². The molecule has 0 aliphatic carbocycles. The van der Waals surface area contributed by atoms with Crippen LogP contribution < -0.4 is 5.32 Å². The van der Waals surface area contributed by atoms with E-state index in [-0.39, 0.29) is 19.1 Å². The third-order valence-electron chi connectivity index (χ3n) is 2.44. The van der Waals surface area contributed by atoms with Gasteiger partial charge in [0.25, 0.3) is 0 Å². The Morgan fingerprint density at radius 2 is 1.85 bits per heavy atom. The highest BCUT2D eigenvalue weighted by Gasteiger charge is 2.29. The van der Waals surface area contributed by atoms with Crippen LogP contribution in [0.3, 0.4) is 0 Å². The topological polar surface area (TPSA) is 47.6 Å². The molecule has 1 rings (SSSR count). The molecule has 0 atom stereocenters. The van der Waals surface area contributed by atoms with Crippen LogP contribution >= 0.6 is 0 Å². The maximum absolute atomic E-state index is 12.3. The van der Waals surface area contributed by atoms with Crippen molar-refractivity contribution in [2.45, 2.75) is 12.7 Å². The summed E-state index contributed by atoms with van der Waals surface area (Å²) in [5.41, 5.74) is -0.126. The standard InChI is InChI=1S/C13H16F3NO3/c1-19-6-7-20-9-12(18)17-8-10-2-4-11(5-3-10)13(14,15)16/h2-5H,6-9H2,1H3,(H,17,18). The zero-order valence-electron chi connectivity index (χ0n) is 11.0. The van der Waals surface area contributed by atoms with Crippen LogP contribution in [0.5, 0.6) is 0 Å². The molecule has 7 heteroatoms. The molecule has 1 amide bonds. The summed E-state index contributed by atoms with van der Waals surface area (Å²) in [6, 6.07) is 4.62. The number of alkyl halides is 3. The number of carbonyl (C=O) groups is 1. The molecular formula is C13H16F3NO3. The summed E-state index contributed by atoms with van der Waals surface area (Å²) < 4.78 is 46.8. The summed E-state index contributed by atoms with van der Waals surface area (Å²) >= 11 is 0. The molecule has 1 aromatic rings. The molecule has 4 nitrogen and oxygen atoms in total. The zero-order chi connectivity index (χ0) is 15.0. The van der Waals surface area contributed by atoms with Crippen LogP contribution in [0.25, 0.3) is 0 Å². The fourth-order valence-electron chi connectivity index (χ4n) is 1.37. The number of hydrogen-bond donors (Lipinski definition) is 1. The maximum atomic E-state index is 12.3. The van der Waals surface area contributed by atoms with Gasteiger partial charge < -0.3 is 14.8 Å². The minimum absolute atomic E-state index is 0.107. The Hall–Kier alpha value is -1.60. The Morgan fingerprint density at radius 3 is 2.40 bits per heavy atom. The number of amides is 1. The summed E-state index contributed by atoms with van der Waals surface area (Å²) in [6.07, 6.45) is -4.35. The second kappa shape index (κ2) is 7.86. The Kier molecular flexibility index (Phi) is 6.47. The molecule has 0 fully saturated rings. The van der Waals surface area contributed by atoms with Crippen LogP contribution in [-0.4, -0.2) is 32.8 Å². The van der Waals surface area contributed by atoms with Gasteiger partial charge in [-0.25, -0.2) is 0 Å². The van der Waals surface area contributed by atoms with Gasteiger partial charge in [0.15, 0.2) is 0 Å². The van der Waals surface area contributed by atoms with Gasteiger partial charge in [-0.2, -0.15) is 13.2 Å². The van der Waals surface area contributed by atoms with E-state index in [2.05, 4.69) is 5.32 Å². The summed E-state index contributed by atoms with van der Waals surface area (Å²) in [6.45, 7) is 0.755. The third-order valence-corrected chi connectivity index (χ3v) is 2.44. The van der Waals surface area contributed by atoms with Crippen LogP contribution in [0.2, 0.25) is 0 Å². The fourth-order valence-corrected chi connectivity index (χ4v) is 1.37. The smallest absolute Gasteiger partial charge is 0.382 e. The van der Waals surface area contributed by atoms with Gasteiger partial charge in [0.1, 0.15) is 6.61 Å². The van der Waals surface area contributed by atoms with Gasteiger partial charge >= 0.3 is 6.18 Å². The van der Waals surface area contributed by atoms with E-state index in [1.807, 2.05) is 0 Å². The fraction of sp³-hybridized carbons (Fsp3) is 0.462. The number of ether oxygens (including phenoxy) is 2. The number of halogens is 3. The monoisotopic (exact) mass is 291 g/mol. The predicted octanol–water partition coefficient (Wildman–Crippen LogP) is 1.98. The lowest BCUT2D eigenvalue weighted by Crippen LogP contribution is -2.27. The molecule has 0 radical (unpaired) electrons. The van der Waals surface area contributed by atoms with Crippen molar-refractivity contribution in [1.82, 2.24) is 5.32 Å². The first-order valence-corrected chi connectivity index (χ1v) is 5.93. The van der Waals surface area contributed by atoms with Gasteiger partial charge in [-0.3, -0.25) is 4.79 Å². The van der Waals surface area contributed by atoms with Gasteiger partial charge in [-0.1, -0.05) is 12.1 Å². The lowest BCUT2D eigenvalue weighted by atomic mass is 10.1. The molecule has 1 aromatic carbocycles. The van der Waals surface area contributed by atoms with Gasteiger partial charge in [-0.15, -0.1) is 0 Å². The molecule has 0 saturated heterocycles. The number of carbonyl (C=O) groups excluding carboxylic acids is 1. The maximum Gasteiger partial charge on any atom is 0.416 e. The lowest BCUT2D eigenvalue weighted by molar-refractivity contribution is -0.137. The number of methoxy groups -OCH3 is 1. The number of hydrogen-bond acceptors (Lipinski definition) is 3. The normalized spacial score (nSPS) is 11.4. The van der Waals surface area contributed by atoms with E-state index in [1.54, 1.807) is 0 Å². The molecule has 112 valence electrons. The Morgan fingerprint density at radius 1 is 1.20 bits per heavy atom. The predicted molar refractivity (Wildman–Crippen MR) is 66.0 cm³/mol. The van der Waals surface area contributed by atoms with Crippen LogP contribution in [-0.2, 0) is 27.0 Å². The average Bonchev–Trinajstić information content (AvgIpc) is 2.41. The van der Waals surface area contributed by atoms with E-state index in [0.717, 1.165) is 12.1 Å². The highest BCUT2D eigenvalue weighted by molar-refractivity contribution is 5.77. The Bertz CT molecular complexity index is 418. The third kappa shape index (κ3) is 6.03. The van der Waals surface area contributed by atoms with Gasteiger partial charge in [-0.05, 0) is 17.7 Å². The van der Waals surface area contributed by atoms with Crippen molar-refractivity contribution in [3.63, 3.8) is 0 Å². The second-order valence-electron chi connectivity index (χ2n) is 4.02. The molecule has 0 spiro atoms. The first-order chi connectivity index (χ1) is 9.43. The number of rotatable bonds is 7.